The third kappa shape index (κ3) is 3.21. The van der Waals surface area contributed by atoms with E-state index in [1.807, 2.05) is 30.5 Å². The van der Waals surface area contributed by atoms with Crippen LogP contribution in [0, 0.1) is 0 Å². The second kappa shape index (κ2) is 6.94. The third-order valence-electron chi connectivity index (χ3n) is 3.89. The second-order valence-corrected chi connectivity index (χ2v) is 6.33. The van der Waals surface area contributed by atoms with Crippen LogP contribution < -0.4 is 5.32 Å². The summed E-state index contributed by atoms with van der Waals surface area (Å²) in [5.41, 5.74) is 1.55. The van der Waals surface area contributed by atoms with Gasteiger partial charge in [-0.1, -0.05) is 6.08 Å². The van der Waals surface area contributed by atoms with Crippen LogP contribution in [0.1, 0.15) is 31.1 Å². The van der Waals surface area contributed by atoms with Crippen LogP contribution in [0.15, 0.2) is 60.0 Å². The van der Waals surface area contributed by atoms with Crippen LogP contribution >= 0.6 is 11.8 Å². The number of hydrogen-bond donors (Lipinski definition) is 1. The topological polar surface area (TPSA) is 66.5 Å². The molecule has 1 heterocycles. The van der Waals surface area contributed by atoms with E-state index in [0.717, 1.165) is 9.80 Å². The predicted octanol–water partition coefficient (Wildman–Crippen LogP) is 3.44. The van der Waals surface area contributed by atoms with Crippen molar-refractivity contribution in [2.24, 2.45) is 0 Å². The Morgan fingerprint density at radius 2 is 1.80 bits per heavy atom. The highest BCUT2D eigenvalue weighted by molar-refractivity contribution is 7.98. The van der Waals surface area contributed by atoms with Crippen molar-refractivity contribution in [3.63, 3.8) is 0 Å². The molecule has 1 N–H and O–H groups in total. The van der Waals surface area contributed by atoms with Crippen LogP contribution in [0.3, 0.4) is 0 Å². The van der Waals surface area contributed by atoms with Crippen molar-refractivity contribution >= 4 is 35.2 Å². The molecule has 0 bridgehead atoms. The van der Waals surface area contributed by atoms with Gasteiger partial charge in [0.25, 0.3) is 17.7 Å². The van der Waals surface area contributed by atoms with E-state index in [1.165, 1.54) is 18.2 Å². The average molecular weight is 352 g/mol. The SMILES string of the molecule is C=CCN1C(=O)c2ccc(C(=O)Nc3ccc(SC)cc3)cc2C1=O. The Labute approximate surface area is 149 Å². The molecule has 0 unspecified atom stereocenters. The van der Waals surface area contributed by atoms with Gasteiger partial charge in [-0.3, -0.25) is 19.3 Å². The van der Waals surface area contributed by atoms with Gasteiger partial charge in [0, 0.05) is 22.7 Å². The van der Waals surface area contributed by atoms with Crippen LogP contribution in [0.25, 0.3) is 0 Å². The first-order valence-corrected chi connectivity index (χ1v) is 8.84. The second-order valence-electron chi connectivity index (χ2n) is 5.45. The Kier molecular flexibility index (Phi) is 4.72. The first-order chi connectivity index (χ1) is 12.0. The van der Waals surface area contributed by atoms with Crippen LogP contribution in [0.4, 0.5) is 5.69 Å². The molecule has 2 aromatic carbocycles. The fourth-order valence-corrected chi connectivity index (χ4v) is 3.01. The van der Waals surface area contributed by atoms with Crippen molar-refractivity contribution in [2.45, 2.75) is 4.90 Å². The molecule has 0 spiro atoms. The van der Waals surface area contributed by atoms with Gasteiger partial charge < -0.3 is 5.32 Å². The smallest absolute Gasteiger partial charge is 0.261 e. The maximum Gasteiger partial charge on any atom is 0.261 e. The molecule has 0 saturated carbocycles. The van der Waals surface area contributed by atoms with Crippen molar-refractivity contribution in [1.82, 2.24) is 4.90 Å². The molecule has 2 aromatic rings. The van der Waals surface area contributed by atoms with E-state index in [-0.39, 0.29) is 23.9 Å². The van der Waals surface area contributed by atoms with E-state index in [9.17, 15) is 14.4 Å². The number of thioether (sulfide) groups is 1. The molecule has 1 aliphatic heterocycles. The summed E-state index contributed by atoms with van der Waals surface area (Å²) in [6.07, 6.45) is 3.47. The number of benzene rings is 2. The highest BCUT2D eigenvalue weighted by Gasteiger charge is 2.35. The average Bonchev–Trinajstić information content (AvgIpc) is 2.87. The third-order valence-corrected chi connectivity index (χ3v) is 4.64. The van der Waals surface area contributed by atoms with Gasteiger partial charge in [-0.25, -0.2) is 0 Å². The Hall–Kier alpha value is -2.86. The van der Waals surface area contributed by atoms with Gasteiger partial charge in [-0.15, -0.1) is 18.3 Å². The van der Waals surface area contributed by atoms with Crippen LogP contribution in [0.2, 0.25) is 0 Å². The van der Waals surface area contributed by atoms with Crippen LogP contribution in [-0.4, -0.2) is 35.4 Å². The number of carbonyl (C=O) groups excluding carboxylic acids is 3. The van der Waals surface area contributed by atoms with Crippen molar-refractivity contribution in [2.75, 3.05) is 18.1 Å². The lowest BCUT2D eigenvalue weighted by atomic mass is 10.1. The van der Waals surface area contributed by atoms with Gasteiger partial charge >= 0.3 is 0 Å². The molecular weight excluding hydrogens is 336 g/mol. The van der Waals surface area contributed by atoms with E-state index < -0.39 is 5.91 Å². The summed E-state index contributed by atoms with van der Waals surface area (Å²) in [5, 5.41) is 2.79. The Bertz CT molecular complexity index is 875. The molecule has 1 aliphatic rings. The lowest BCUT2D eigenvalue weighted by molar-refractivity contribution is 0.0672. The lowest BCUT2D eigenvalue weighted by Crippen LogP contribution is -2.29. The molecule has 0 aliphatic carbocycles. The summed E-state index contributed by atoms with van der Waals surface area (Å²) in [6.45, 7) is 3.70. The Balaban J connectivity index is 1.82. The normalized spacial score (nSPS) is 12.9. The van der Waals surface area contributed by atoms with Crippen LogP contribution in [-0.2, 0) is 0 Å². The van der Waals surface area contributed by atoms with Gasteiger partial charge in [0.1, 0.15) is 0 Å². The maximum atomic E-state index is 12.4. The van der Waals surface area contributed by atoms with E-state index in [4.69, 9.17) is 0 Å². The molecule has 0 radical (unpaired) electrons. The molecule has 5 nitrogen and oxygen atoms in total. The zero-order chi connectivity index (χ0) is 18.0. The molecule has 25 heavy (non-hydrogen) atoms. The number of fused-ring (bicyclic) bond motifs is 1. The van der Waals surface area contributed by atoms with Gasteiger partial charge in [0.05, 0.1) is 11.1 Å². The van der Waals surface area contributed by atoms with Crippen molar-refractivity contribution in [3.05, 3.63) is 71.8 Å². The number of imide groups is 1. The number of anilines is 1. The summed E-state index contributed by atoms with van der Waals surface area (Å²) in [4.78, 5) is 39.1. The van der Waals surface area contributed by atoms with Gasteiger partial charge in [-0.05, 0) is 48.7 Å². The largest absolute Gasteiger partial charge is 0.322 e. The van der Waals surface area contributed by atoms with Crippen molar-refractivity contribution in [1.29, 1.82) is 0 Å². The van der Waals surface area contributed by atoms with E-state index >= 15 is 0 Å². The minimum atomic E-state index is -0.404. The molecule has 0 atom stereocenters. The lowest BCUT2D eigenvalue weighted by Gasteiger charge is -2.09. The molecule has 0 fully saturated rings. The molecule has 6 heteroatoms. The van der Waals surface area contributed by atoms with E-state index in [0.29, 0.717) is 16.8 Å². The molecule has 3 amide bonds. The standard InChI is InChI=1S/C19H16N2O3S/c1-3-10-21-18(23)15-9-4-12(11-16(15)19(21)24)17(22)20-13-5-7-14(25-2)8-6-13/h3-9,11H,1,10H2,2H3,(H,20,22). The van der Waals surface area contributed by atoms with Gasteiger partial charge in [0.2, 0.25) is 0 Å². The highest BCUT2D eigenvalue weighted by atomic mass is 32.2. The summed E-state index contributed by atoms with van der Waals surface area (Å²) in [6, 6.07) is 12.0. The summed E-state index contributed by atoms with van der Waals surface area (Å²) < 4.78 is 0. The van der Waals surface area contributed by atoms with Crippen molar-refractivity contribution < 1.29 is 14.4 Å². The molecule has 0 saturated heterocycles. The highest BCUT2D eigenvalue weighted by Crippen LogP contribution is 2.24. The number of carbonyl (C=O) groups is 3. The first kappa shape index (κ1) is 17.0. The Morgan fingerprint density at radius 1 is 1.12 bits per heavy atom. The molecule has 3 rings (SSSR count). The minimum absolute atomic E-state index is 0.148. The van der Waals surface area contributed by atoms with E-state index in [1.54, 1.807) is 17.8 Å². The minimum Gasteiger partial charge on any atom is -0.322 e. The molecular formula is C19H16N2O3S. The van der Waals surface area contributed by atoms with Gasteiger partial charge in [0.15, 0.2) is 0 Å². The van der Waals surface area contributed by atoms with Gasteiger partial charge in [-0.2, -0.15) is 0 Å². The monoisotopic (exact) mass is 352 g/mol. The number of nitrogens with zero attached hydrogens (tertiary/aromatic N) is 1. The maximum absolute atomic E-state index is 12.4. The predicted molar refractivity (Wildman–Crippen MR) is 98.2 cm³/mol. The fraction of sp³-hybridized carbons (Fsp3) is 0.105. The summed E-state index contributed by atoms with van der Waals surface area (Å²) in [5.74, 6) is -1.10. The number of amides is 3. The van der Waals surface area contributed by atoms with Crippen LogP contribution in [0.5, 0.6) is 0 Å². The molecule has 126 valence electrons. The quantitative estimate of drug-likeness (QED) is 0.508. The number of nitrogens with one attached hydrogen (secondary N) is 1. The molecule has 0 aromatic heterocycles. The summed E-state index contributed by atoms with van der Waals surface area (Å²) >= 11 is 1.62. The fourth-order valence-electron chi connectivity index (χ4n) is 2.60. The van der Waals surface area contributed by atoms with E-state index in [2.05, 4.69) is 11.9 Å². The first-order valence-electron chi connectivity index (χ1n) is 7.61. The Morgan fingerprint density at radius 3 is 2.44 bits per heavy atom. The zero-order valence-corrected chi connectivity index (χ0v) is 14.4. The zero-order valence-electron chi connectivity index (χ0n) is 13.6. The number of rotatable bonds is 5. The number of hydrogen-bond acceptors (Lipinski definition) is 4. The van der Waals surface area contributed by atoms with Crippen molar-refractivity contribution in [3.8, 4) is 0 Å². The summed E-state index contributed by atoms with van der Waals surface area (Å²) in [7, 11) is 0.